The Labute approximate surface area is 139 Å². The first-order valence-corrected chi connectivity index (χ1v) is 8.93. The van der Waals surface area contributed by atoms with E-state index < -0.39 is 0 Å². The van der Waals surface area contributed by atoms with E-state index in [0.29, 0.717) is 17.9 Å². The van der Waals surface area contributed by atoms with Crippen molar-refractivity contribution in [1.82, 2.24) is 9.88 Å². The smallest absolute Gasteiger partial charge is 0.0462 e. The molecule has 3 N–H and O–H groups in total. The van der Waals surface area contributed by atoms with Crippen LogP contribution in [-0.2, 0) is 11.8 Å². The molecule has 1 aromatic carbocycles. The fourth-order valence-corrected chi connectivity index (χ4v) is 4.73. The maximum Gasteiger partial charge on any atom is 0.0462 e. The summed E-state index contributed by atoms with van der Waals surface area (Å²) in [7, 11) is 2.28. The Morgan fingerprint density at radius 3 is 2.78 bits per heavy atom. The highest BCUT2D eigenvalue weighted by Crippen LogP contribution is 2.45. The predicted octanol–water partition coefficient (Wildman–Crippen LogP) is 3.38. The molecule has 1 aromatic heterocycles. The maximum absolute atomic E-state index is 6.03. The van der Waals surface area contributed by atoms with Crippen LogP contribution in [0.3, 0.4) is 0 Å². The van der Waals surface area contributed by atoms with Crippen molar-refractivity contribution in [2.75, 3.05) is 20.1 Å². The van der Waals surface area contributed by atoms with Gasteiger partial charge in [0, 0.05) is 35.6 Å². The second-order valence-electron chi connectivity index (χ2n) is 8.71. The summed E-state index contributed by atoms with van der Waals surface area (Å²) >= 11 is 0. The van der Waals surface area contributed by atoms with E-state index in [-0.39, 0.29) is 5.41 Å². The molecule has 23 heavy (non-hydrogen) atoms. The standard InChI is InChI=1S/C20H29N3/c1-20(2,3)14-7-16-15-5-12(9-21)11-23(4)18(15)6-13-10-22-17(8-14)19(13)16/h7-8,10,12,15,18,22H,5-6,9,11,21H2,1-4H3/t12-,15?,18+/m0/s1. The Hall–Kier alpha value is -1.32. The molecule has 1 fully saturated rings. The van der Waals surface area contributed by atoms with E-state index in [4.69, 9.17) is 5.73 Å². The van der Waals surface area contributed by atoms with Crippen LogP contribution in [0.1, 0.15) is 49.8 Å². The van der Waals surface area contributed by atoms with Crippen LogP contribution in [0, 0.1) is 5.92 Å². The molecule has 0 bridgehead atoms. The molecule has 0 radical (unpaired) electrons. The van der Waals surface area contributed by atoms with Gasteiger partial charge >= 0.3 is 0 Å². The maximum atomic E-state index is 6.03. The van der Waals surface area contributed by atoms with Crippen LogP contribution in [0.4, 0.5) is 0 Å². The van der Waals surface area contributed by atoms with Gasteiger partial charge in [0.2, 0.25) is 0 Å². The Morgan fingerprint density at radius 2 is 2.09 bits per heavy atom. The zero-order chi connectivity index (χ0) is 16.4. The number of nitrogens with zero attached hydrogens (tertiary/aromatic N) is 1. The fraction of sp³-hybridized carbons (Fsp3) is 0.600. The lowest BCUT2D eigenvalue weighted by Gasteiger charge is -2.45. The molecule has 4 rings (SSSR count). The lowest BCUT2D eigenvalue weighted by Crippen LogP contribution is -2.49. The van der Waals surface area contributed by atoms with E-state index in [1.165, 1.54) is 34.9 Å². The summed E-state index contributed by atoms with van der Waals surface area (Å²) in [6.07, 6.45) is 4.64. The van der Waals surface area contributed by atoms with E-state index in [1.54, 1.807) is 5.56 Å². The van der Waals surface area contributed by atoms with Crippen molar-refractivity contribution in [3.05, 3.63) is 35.0 Å². The molecule has 1 saturated heterocycles. The minimum atomic E-state index is 0.177. The van der Waals surface area contributed by atoms with E-state index in [1.807, 2.05) is 0 Å². The Balaban J connectivity index is 1.89. The van der Waals surface area contributed by atoms with Gasteiger partial charge in [0.05, 0.1) is 0 Å². The first-order chi connectivity index (χ1) is 10.9. The highest BCUT2D eigenvalue weighted by molar-refractivity contribution is 5.89. The second-order valence-corrected chi connectivity index (χ2v) is 8.71. The van der Waals surface area contributed by atoms with Crippen LogP contribution in [-0.4, -0.2) is 36.1 Å². The summed E-state index contributed by atoms with van der Waals surface area (Å²) in [5.74, 6) is 1.24. The molecule has 1 aliphatic carbocycles. The number of likely N-dealkylation sites (tertiary alicyclic amines) is 1. The van der Waals surface area contributed by atoms with Gasteiger partial charge in [-0.2, -0.15) is 0 Å². The van der Waals surface area contributed by atoms with Gasteiger partial charge < -0.3 is 15.6 Å². The molecule has 0 saturated carbocycles. The Morgan fingerprint density at radius 1 is 1.30 bits per heavy atom. The van der Waals surface area contributed by atoms with E-state index in [9.17, 15) is 0 Å². The third-order valence-corrected chi connectivity index (χ3v) is 6.08. The molecule has 0 amide bonds. The lowest BCUT2D eigenvalue weighted by atomic mass is 9.71. The van der Waals surface area contributed by atoms with Gasteiger partial charge in [-0.3, -0.25) is 0 Å². The molecule has 0 spiro atoms. The third kappa shape index (κ3) is 2.33. The Bertz CT molecular complexity index is 737. The van der Waals surface area contributed by atoms with E-state index in [2.05, 4.69) is 56.0 Å². The number of benzene rings is 1. The van der Waals surface area contributed by atoms with Gasteiger partial charge in [-0.25, -0.2) is 0 Å². The number of nitrogens with one attached hydrogen (secondary N) is 1. The SMILES string of the molecule is CN1C[C@H](CN)CC2c3cc(C(C)(C)C)cc4[nH]cc(c34)C[C@H]21. The number of hydrogen-bond acceptors (Lipinski definition) is 2. The number of aromatic nitrogens is 1. The number of piperidine rings is 1. The van der Waals surface area contributed by atoms with E-state index in [0.717, 1.165) is 13.1 Å². The number of rotatable bonds is 1. The van der Waals surface area contributed by atoms with Crippen molar-refractivity contribution in [1.29, 1.82) is 0 Å². The van der Waals surface area contributed by atoms with Gasteiger partial charge in [-0.05, 0) is 60.5 Å². The van der Waals surface area contributed by atoms with Crippen LogP contribution in [0.2, 0.25) is 0 Å². The summed E-state index contributed by atoms with van der Waals surface area (Å²) in [6.45, 7) is 8.86. The minimum absolute atomic E-state index is 0.177. The van der Waals surface area contributed by atoms with Gasteiger partial charge in [0.15, 0.2) is 0 Å². The molecular weight excluding hydrogens is 282 g/mol. The van der Waals surface area contributed by atoms with Crippen LogP contribution in [0.15, 0.2) is 18.3 Å². The fourth-order valence-electron chi connectivity index (χ4n) is 4.73. The van der Waals surface area contributed by atoms with Crippen molar-refractivity contribution in [2.45, 2.75) is 51.0 Å². The monoisotopic (exact) mass is 311 g/mol. The number of aromatic amines is 1. The zero-order valence-corrected chi connectivity index (χ0v) is 14.8. The molecule has 124 valence electrons. The topological polar surface area (TPSA) is 45.0 Å². The zero-order valence-electron chi connectivity index (χ0n) is 14.8. The lowest BCUT2D eigenvalue weighted by molar-refractivity contribution is 0.115. The molecule has 2 heterocycles. The molecule has 2 aromatic rings. The molecule has 3 heteroatoms. The van der Waals surface area contributed by atoms with Crippen LogP contribution in [0.25, 0.3) is 10.9 Å². The van der Waals surface area contributed by atoms with E-state index >= 15 is 0 Å². The number of H-pyrrole nitrogens is 1. The first-order valence-electron chi connectivity index (χ1n) is 8.93. The summed E-state index contributed by atoms with van der Waals surface area (Å²) < 4.78 is 0. The van der Waals surface area contributed by atoms with Crippen molar-refractivity contribution >= 4 is 10.9 Å². The number of likely N-dealkylation sites (N-methyl/N-ethyl adjacent to an activating group) is 1. The van der Waals surface area contributed by atoms with Crippen LogP contribution < -0.4 is 5.73 Å². The molecule has 2 aliphatic rings. The van der Waals surface area contributed by atoms with Crippen molar-refractivity contribution in [2.24, 2.45) is 11.7 Å². The van der Waals surface area contributed by atoms with Gasteiger partial charge in [0.25, 0.3) is 0 Å². The summed E-state index contributed by atoms with van der Waals surface area (Å²) in [5.41, 5.74) is 12.0. The summed E-state index contributed by atoms with van der Waals surface area (Å²) in [4.78, 5) is 6.09. The molecular formula is C20H29N3. The van der Waals surface area contributed by atoms with Crippen LogP contribution in [0.5, 0.6) is 0 Å². The van der Waals surface area contributed by atoms with Crippen molar-refractivity contribution in [3.63, 3.8) is 0 Å². The summed E-state index contributed by atoms with van der Waals surface area (Å²) in [6, 6.07) is 5.47. The average Bonchev–Trinajstić information content (AvgIpc) is 2.91. The van der Waals surface area contributed by atoms with Crippen LogP contribution >= 0.6 is 0 Å². The van der Waals surface area contributed by atoms with Gasteiger partial charge in [-0.1, -0.05) is 26.8 Å². The predicted molar refractivity (Wildman–Crippen MR) is 97.0 cm³/mol. The molecule has 3 atom stereocenters. The van der Waals surface area contributed by atoms with Crippen molar-refractivity contribution < 1.29 is 0 Å². The average molecular weight is 311 g/mol. The van der Waals surface area contributed by atoms with Crippen molar-refractivity contribution in [3.8, 4) is 0 Å². The highest BCUT2D eigenvalue weighted by Gasteiger charge is 2.39. The molecule has 1 unspecified atom stereocenters. The molecule has 3 nitrogen and oxygen atoms in total. The van der Waals surface area contributed by atoms with Gasteiger partial charge in [-0.15, -0.1) is 0 Å². The number of hydrogen-bond donors (Lipinski definition) is 2. The second kappa shape index (κ2) is 5.09. The third-order valence-electron chi connectivity index (χ3n) is 6.08. The van der Waals surface area contributed by atoms with Gasteiger partial charge in [0.1, 0.15) is 0 Å². The summed E-state index contributed by atoms with van der Waals surface area (Å²) in [5, 5.41) is 1.49. The number of nitrogens with two attached hydrogens (primary N) is 1. The number of fused-ring (bicyclic) bond motifs is 2. The quantitative estimate of drug-likeness (QED) is 0.848. The minimum Gasteiger partial charge on any atom is -0.361 e. The normalized spacial score (nSPS) is 28.1. The highest BCUT2D eigenvalue weighted by atomic mass is 15.1. The Kier molecular flexibility index (Phi) is 3.37. The molecule has 1 aliphatic heterocycles. The largest absolute Gasteiger partial charge is 0.361 e. The first kappa shape index (κ1) is 15.2.